The van der Waals surface area contributed by atoms with Crippen LogP contribution in [0.5, 0.6) is 0 Å². The largest absolute Gasteiger partial charge is 0.399 e. The molecule has 96 valence electrons. The summed E-state index contributed by atoms with van der Waals surface area (Å²) in [5, 5.41) is 16.0. The second kappa shape index (κ2) is 4.47. The van der Waals surface area contributed by atoms with Crippen LogP contribution in [0.4, 0.5) is 5.69 Å². The van der Waals surface area contributed by atoms with Gasteiger partial charge in [0.25, 0.3) is 0 Å². The molecule has 1 aromatic carbocycles. The molecule has 0 atom stereocenters. The van der Waals surface area contributed by atoms with Crippen molar-refractivity contribution in [2.75, 3.05) is 5.73 Å². The fourth-order valence-electron chi connectivity index (χ4n) is 1.78. The zero-order valence-corrected chi connectivity index (χ0v) is 11.6. The van der Waals surface area contributed by atoms with Crippen molar-refractivity contribution < 1.29 is 0 Å². The van der Waals surface area contributed by atoms with Gasteiger partial charge in [-0.25, -0.2) is 0 Å². The number of hydrogen-bond acceptors (Lipinski definition) is 5. The molecule has 3 rings (SSSR count). The number of tetrazole rings is 1. The van der Waals surface area contributed by atoms with Crippen LogP contribution in [0.1, 0.15) is 0 Å². The first-order valence-corrected chi connectivity index (χ1v) is 6.27. The van der Waals surface area contributed by atoms with Crippen LogP contribution in [0.15, 0.2) is 34.9 Å². The molecule has 0 saturated heterocycles. The SMILES string of the molecule is Cn1ccc(-n2nnnc2-c2cc(N)cc(Br)c2)n1. The zero-order chi connectivity index (χ0) is 13.4. The van der Waals surface area contributed by atoms with Crippen LogP contribution < -0.4 is 5.73 Å². The molecule has 0 saturated carbocycles. The second-order valence-corrected chi connectivity index (χ2v) is 4.95. The van der Waals surface area contributed by atoms with Crippen molar-refractivity contribution in [3.8, 4) is 17.2 Å². The van der Waals surface area contributed by atoms with E-state index in [9.17, 15) is 0 Å². The summed E-state index contributed by atoms with van der Waals surface area (Å²) in [5.41, 5.74) is 7.29. The summed E-state index contributed by atoms with van der Waals surface area (Å²) in [4.78, 5) is 0. The van der Waals surface area contributed by atoms with Crippen LogP contribution in [-0.2, 0) is 7.05 Å². The maximum absolute atomic E-state index is 5.83. The molecule has 0 spiro atoms. The standard InChI is InChI=1S/C11H10BrN7/c1-18-3-2-10(15-18)19-11(14-16-17-19)7-4-8(12)6-9(13)5-7/h2-6H,13H2,1H3. The van der Waals surface area contributed by atoms with Crippen LogP contribution in [0.2, 0.25) is 0 Å². The molecule has 2 heterocycles. The molecule has 0 aliphatic heterocycles. The summed E-state index contributed by atoms with van der Waals surface area (Å²) in [5.74, 6) is 1.24. The number of hydrogen-bond donors (Lipinski definition) is 1. The van der Waals surface area contributed by atoms with Gasteiger partial charge >= 0.3 is 0 Å². The fraction of sp³-hybridized carbons (Fsp3) is 0.0909. The first kappa shape index (κ1) is 11.8. The molecule has 2 aromatic heterocycles. The number of aryl methyl sites for hydroxylation is 1. The number of rotatable bonds is 2. The van der Waals surface area contributed by atoms with Gasteiger partial charge in [-0.3, -0.25) is 4.68 Å². The summed E-state index contributed by atoms with van der Waals surface area (Å²) in [6.07, 6.45) is 1.83. The molecule has 7 nitrogen and oxygen atoms in total. The van der Waals surface area contributed by atoms with Gasteiger partial charge in [-0.05, 0) is 28.6 Å². The van der Waals surface area contributed by atoms with Gasteiger partial charge in [0.05, 0.1) is 0 Å². The molecular formula is C11H10BrN7. The highest BCUT2D eigenvalue weighted by Crippen LogP contribution is 2.25. The Bertz CT molecular complexity index is 710. The van der Waals surface area contributed by atoms with E-state index in [0.29, 0.717) is 17.3 Å². The van der Waals surface area contributed by atoms with Gasteiger partial charge in [0.15, 0.2) is 11.6 Å². The number of benzene rings is 1. The van der Waals surface area contributed by atoms with Gasteiger partial charge < -0.3 is 5.73 Å². The number of nitrogens with zero attached hydrogens (tertiary/aromatic N) is 6. The lowest BCUT2D eigenvalue weighted by Crippen LogP contribution is -2.02. The summed E-state index contributed by atoms with van der Waals surface area (Å²) < 4.78 is 4.13. The lowest BCUT2D eigenvalue weighted by atomic mass is 10.2. The van der Waals surface area contributed by atoms with E-state index in [0.717, 1.165) is 10.0 Å². The summed E-state index contributed by atoms with van der Waals surface area (Å²) in [6, 6.07) is 7.37. The molecule has 8 heteroatoms. The molecule has 3 aromatic rings. The van der Waals surface area contributed by atoms with Crippen molar-refractivity contribution >= 4 is 21.6 Å². The quantitative estimate of drug-likeness (QED) is 0.721. The highest BCUT2D eigenvalue weighted by atomic mass is 79.9. The Morgan fingerprint density at radius 3 is 2.79 bits per heavy atom. The van der Waals surface area contributed by atoms with E-state index in [1.807, 2.05) is 37.5 Å². The van der Waals surface area contributed by atoms with E-state index < -0.39 is 0 Å². The van der Waals surface area contributed by atoms with E-state index in [2.05, 4.69) is 36.6 Å². The molecule has 0 fully saturated rings. The molecule has 19 heavy (non-hydrogen) atoms. The van der Waals surface area contributed by atoms with E-state index in [1.165, 1.54) is 0 Å². The molecule has 0 radical (unpaired) electrons. The summed E-state index contributed by atoms with van der Waals surface area (Å²) in [7, 11) is 1.84. The Morgan fingerprint density at radius 2 is 2.11 bits per heavy atom. The average molecular weight is 320 g/mol. The predicted octanol–water partition coefficient (Wildman–Crippen LogP) is 1.41. The molecule has 0 unspecified atom stereocenters. The minimum absolute atomic E-state index is 0.590. The van der Waals surface area contributed by atoms with Gasteiger partial charge in [0, 0.05) is 35.0 Å². The highest BCUT2D eigenvalue weighted by Gasteiger charge is 2.13. The number of nitrogen functional groups attached to an aromatic ring is 1. The van der Waals surface area contributed by atoms with Crippen molar-refractivity contribution in [3.05, 3.63) is 34.9 Å². The average Bonchev–Trinajstić information content (AvgIpc) is 2.95. The van der Waals surface area contributed by atoms with E-state index >= 15 is 0 Å². The number of anilines is 1. The Hall–Kier alpha value is -2.22. The van der Waals surface area contributed by atoms with Crippen LogP contribution in [0, 0.1) is 0 Å². The third-order valence-corrected chi connectivity index (χ3v) is 3.02. The van der Waals surface area contributed by atoms with Crippen LogP contribution in [0.25, 0.3) is 17.2 Å². The van der Waals surface area contributed by atoms with E-state index in [-0.39, 0.29) is 0 Å². The van der Waals surface area contributed by atoms with Crippen LogP contribution in [0.3, 0.4) is 0 Å². The predicted molar refractivity (Wildman–Crippen MR) is 73.5 cm³/mol. The van der Waals surface area contributed by atoms with Crippen molar-refractivity contribution in [1.82, 2.24) is 30.0 Å². The molecule has 0 aliphatic rings. The second-order valence-electron chi connectivity index (χ2n) is 4.04. The number of halogens is 1. The third kappa shape index (κ3) is 2.22. The molecular weight excluding hydrogens is 310 g/mol. The molecule has 2 N–H and O–H groups in total. The molecule has 0 bridgehead atoms. The number of aromatic nitrogens is 6. The van der Waals surface area contributed by atoms with Crippen LogP contribution >= 0.6 is 15.9 Å². The Morgan fingerprint density at radius 1 is 1.26 bits per heavy atom. The third-order valence-electron chi connectivity index (χ3n) is 2.56. The lowest BCUT2D eigenvalue weighted by molar-refractivity contribution is 0.715. The van der Waals surface area contributed by atoms with Gasteiger partial charge in [0.2, 0.25) is 0 Å². The maximum Gasteiger partial charge on any atom is 0.189 e. The van der Waals surface area contributed by atoms with Crippen molar-refractivity contribution in [1.29, 1.82) is 0 Å². The fourth-order valence-corrected chi connectivity index (χ4v) is 2.29. The zero-order valence-electron chi connectivity index (χ0n) is 10.0. The van der Waals surface area contributed by atoms with Gasteiger partial charge in [-0.15, -0.1) is 5.10 Å². The first-order chi connectivity index (χ1) is 9.13. The molecule has 0 amide bonds. The normalized spacial score (nSPS) is 10.8. The number of nitrogens with two attached hydrogens (primary N) is 1. The minimum Gasteiger partial charge on any atom is -0.399 e. The Kier molecular flexibility index (Phi) is 2.79. The van der Waals surface area contributed by atoms with E-state index in [1.54, 1.807) is 9.36 Å². The van der Waals surface area contributed by atoms with Crippen molar-refractivity contribution in [3.63, 3.8) is 0 Å². The summed E-state index contributed by atoms with van der Waals surface area (Å²) in [6.45, 7) is 0. The van der Waals surface area contributed by atoms with E-state index in [4.69, 9.17) is 5.73 Å². The topological polar surface area (TPSA) is 87.4 Å². The van der Waals surface area contributed by atoms with Gasteiger partial charge in [-0.1, -0.05) is 15.9 Å². The van der Waals surface area contributed by atoms with Crippen molar-refractivity contribution in [2.24, 2.45) is 7.05 Å². The Labute approximate surface area is 117 Å². The van der Waals surface area contributed by atoms with Crippen LogP contribution in [-0.4, -0.2) is 30.0 Å². The van der Waals surface area contributed by atoms with Gasteiger partial charge in [0.1, 0.15) is 0 Å². The minimum atomic E-state index is 0.590. The smallest absolute Gasteiger partial charge is 0.189 e. The lowest BCUT2D eigenvalue weighted by Gasteiger charge is -2.03. The van der Waals surface area contributed by atoms with Gasteiger partial charge in [-0.2, -0.15) is 9.78 Å². The first-order valence-electron chi connectivity index (χ1n) is 5.48. The monoisotopic (exact) mass is 319 g/mol. The van der Waals surface area contributed by atoms with Crippen molar-refractivity contribution in [2.45, 2.75) is 0 Å². The highest BCUT2D eigenvalue weighted by molar-refractivity contribution is 9.10. The molecule has 0 aliphatic carbocycles. The Balaban J connectivity index is 2.14. The maximum atomic E-state index is 5.83. The summed E-state index contributed by atoms with van der Waals surface area (Å²) >= 11 is 3.41.